The maximum absolute atomic E-state index is 13.2. The third-order valence-electron chi connectivity index (χ3n) is 5.27. The zero-order chi connectivity index (χ0) is 22.8. The highest BCUT2D eigenvalue weighted by molar-refractivity contribution is 7.89. The molecule has 166 valence electrons. The molecule has 1 heterocycles. The average molecular weight is 447 g/mol. The van der Waals surface area contributed by atoms with E-state index in [1.807, 2.05) is 13.8 Å². The molecule has 2 aromatic rings. The predicted molar refractivity (Wildman–Crippen MR) is 115 cm³/mol. The Balaban J connectivity index is 1.74. The molecule has 1 aliphatic heterocycles. The topological polar surface area (TPSA) is 93.2 Å². The van der Waals surface area contributed by atoms with Gasteiger partial charge in [-0.3, -0.25) is 9.59 Å². The molecule has 2 aromatic carbocycles. The Bertz CT molecular complexity index is 1100. The molecule has 1 fully saturated rings. The van der Waals surface area contributed by atoms with Gasteiger partial charge in [-0.05, 0) is 55.3 Å². The lowest BCUT2D eigenvalue weighted by molar-refractivity contribution is -0.131. The SMILES string of the molecule is COc1cc(C)c(C)cc1S(=O)(=O)N1CCN(C(=O)c2cccc(OC(C)=O)c2)CC1. The van der Waals surface area contributed by atoms with E-state index in [9.17, 15) is 18.0 Å². The summed E-state index contributed by atoms with van der Waals surface area (Å²) in [5.41, 5.74) is 2.19. The number of ether oxygens (including phenoxy) is 2. The highest BCUT2D eigenvalue weighted by Crippen LogP contribution is 2.30. The fourth-order valence-electron chi connectivity index (χ4n) is 3.44. The molecule has 0 N–H and O–H groups in total. The third-order valence-corrected chi connectivity index (χ3v) is 7.19. The number of hydrogen-bond donors (Lipinski definition) is 0. The molecule has 0 saturated carbocycles. The van der Waals surface area contributed by atoms with Gasteiger partial charge in [0.1, 0.15) is 16.4 Å². The van der Waals surface area contributed by atoms with E-state index < -0.39 is 16.0 Å². The largest absolute Gasteiger partial charge is 0.495 e. The Kier molecular flexibility index (Phi) is 6.66. The van der Waals surface area contributed by atoms with E-state index in [1.54, 1.807) is 35.2 Å². The van der Waals surface area contributed by atoms with E-state index >= 15 is 0 Å². The summed E-state index contributed by atoms with van der Waals surface area (Å²) in [6, 6.07) is 9.72. The minimum Gasteiger partial charge on any atom is -0.495 e. The van der Waals surface area contributed by atoms with Gasteiger partial charge in [-0.1, -0.05) is 6.07 Å². The van der Waals surface area contributed by atoms with E-state index in [2.05, 4.69) is 0 Å². The number of nitrogens with zero attached hydrogens (tertiary/aromatic N) is 2. The Morgan fingerprint density at radius 2 is 1.61 bits per heavy atom. The molecule has 8 nitrogen and oxygen atoms in total. The monoisotopic (exact) mass is 446 g/mol. The number of sulfonamides is 1. The van der Waals surface area contributed by atoms with Crippen molar-refractivity contribution in [1.82, 2.24) is 9.21 Å². The summed E-state index contributed by atoms with van der Waals surface area (Å²) in [6.07, 6.45) is 0. The number of aryl methyl sites for hydroxylation is 2. The van der Waals surface area contributed by atoms with E-state index in [-0.39, 0.29) is 37.0 Å². The van der Waals surface area contributed by atoms with Gasteiger partial charge in [0.15, 0.2) is 0 Å². The average Bonchev–Trinajstić information content (AvgIpc) is 2.74. The number of esters is 1. The molecule has 0 spiro atoms. The fraction of sp³-hybridized carbons (Fsp3) is 0.364. The Labute approximate surface area is 182 Å². The number of methoxy groups -OCH3 is 1. The summed E-state index contributed by atoms with van der Waals surface area (Å²) in [4.78, 5) is 25.7. The summed E-state index contributed by atoms with van der Waals surface area (Å²) in [6.45, 7) is 5.90. The van der Waals surface area contributed by atoms with E-state index in [0.29, 0.717) is 17.1 Å². The van der Waals surface area contributed by atoms with E-state index in [1.165, 1.54) is 24.4 Å². The van der Waals surface area contributed by atoms with Crippen LogP contribution in [-0.2, 0) is 14.8 Å². The van der Waals surface area contributed by atoms with Crippen molar-refractivity contribution in [3.63, 3.8) is 0 Å². The lowest BCUT2D eigenvalue weighted by Gasteiger charge is -2.34. The smallest absolute Gasteiger partial charge is 0.308 e. The summed E-state index contributed by atoms with van der Waals surface area (Å²) in [5, 5.41) is 0. The number of rotatable bonds is 5. The fourth-order valence-corrected chi connectivity index (χ4v) is 5.08. The van der Waals surface area contributed by atoms with E-state index in [0.717, 1.165) is 11.1 Å². The van der Waals surface area contributed by atoms with Gasteiger partial charge in [-0.25, -0.2) is 8.42 Å². The number of carbonyl (C=O) groups is 2. The molecule has 1 saturated heterocycles. The third kappa shape index (κ3) is 4.88. The second-order valence-electron chi connectivity index (χ2n) is 7.41. The highest BCUT2D eigenvalue weighted by atomic mass is 32.2. The summed E-state index contributed by atoms with van der Waals surface area (Å²) in [5.74, 6) is -0.106. The molecule has 0 aromatic heterocycles. The van der Waals surface area contributed by atoms with Crippen LogP contribution in [0.15, 0.2) is 41.3 Å². The van der Waals surface area contributed by atoms with Crippen molar-refractivity contribution in [2.45, 2.75) is 25.7 Å². The van der Waals surface area contributed by atoms with Crippen molar-refractivity contribution in [3.8, 4) is 11.5 Å². The van der Waals surface area contributed by atoms with Crippen LogP contribution >= 0.6 is 0 Å². The van der Waals surface area contributed by atoms with Crippen LogP contribution in [0, 0.1) is 13.8 Å². The van der Waals surface area contributed by atoms with Crippen LogP contribution in [0.1, 0.15) is 28.4 Å². The minimum atomic E-state index is -3.77. The van der Waals surface area contributed by atoms with Crippen molar-refractivity contribution >= 4 is 21.9 Å². The Morgan fingerprint density at radius 1 is 0.968 bits per heavy atom. The summed E-state index contributed by atoms with van der Waals surface area (Å²) < 4.78 is 38.2. The number of piperazine rings is 1. The van der Waals surface area contributed by atoms with Gasteiger partial charge in [-0.2, -0.15) is 4.31 Å². The number of carbonyl (C=O) groups excluding carboxylic acids is 2. The number of hydrogen-bond acceptors (Lipinski definition) is 6. The second kappa shape index (κ2) is 9.07. The van der Waals surface area contributed by atoms with Crippen molar-refractivity contribution in [2.75, 3.05) is 33.3 Å². The molecular weight excluding hydrogens is 420 g/mol. The molecule has 0 aliphatic carbocycles. The van der Waals surface area contributed by atoms with Crippen LogP contribution in [0.3, 0.4) is 0 Å². The van der Waals surface area contributed by atoms with Crippen LogP contribution < -0.4 is 9.47 Å². The van der Waals surface area contributed by atoms with Crippen LogP contribution in [0.25, 0.3) is 0 Å². The molecule has 0 unspecified atom stereocenters. The molecule has 0 bridgehead atoms. The number of benzene rings is 2. The molecular formula is C22H26N2O6S. The first kappa shape index (κ1) is 22.8. The first-order valence-electron chi connectivity index (χ1n) is 9.86. The van der Waals surface area contributed by atoms with Crippen molar-refractivity contribution in [3.05, 3.63) is 53.1 Å². The number of amides is 1. The molecule has 1 amide bonds. The second-order valence-corrected chi connectivity index (χ2v) is 9.31. The first-order chi connectivity index (χ1) is 14.6. The van der Waals surface area contributed by atoms with Crippen LogP contribution in [0.5, 0.6) is 11.5 Å². The van der Waals surface area contributed by atoms with Gasteiger partial charge < -0.3 is 14.4 Å². The summed E-state index contributed by atoms with van der Waals surface area (Å²) >= 11 is 0. The van der Waals surface area contributed by atoms with Crippen molar-refractivity contribution in [1.29, 1.82) is 0 Å². The Morgan fingerprint density at radius 3 is 2.23 bits per heavy atom. The van der Waals surface area contributed by atoms with Crippen molar-refractivity contribution < 1.29 is 27.5 Å². The predicted octanol–water partition coefficient (Wildman–Crippen LogP) is 2.38. The maximum atomic E-state index is 13.2. The Hall–Kier alpha value is -2.91. The molecule has 1 aliphatic rings. The van der Waals surface area contributed by atoms with Crippen LogP contribution in [0.2, 0.25) is 0 Å². The zero-order valence-electron chi connectivity index (χ0n) is 18.0. The van der Waals surface area contributed by atoms with Gasteiger partial charge in [0.05, 0.1) is 7.11 Å². The van der Waals surface area contributed by atoms with Gasteiger partial charge >= 0.3 is 5.97 Å². The molecule has 0 radical (unpaired) electrons. The van der Waals surface area contributed by atoms with E-state index in [4.69, 9.17) is 9.47 Å². The van der Waals surface area contributed by atoms with Gasteiger partial charge in [0.2, 0.25) is 10.0 Å². The van der Waals surface area contributed by atoms with Crippen molar-refractivity contribution in [2.24, 2.45) is 0 Å². The molecule has 0 atom stereocenters. The van der Waals surface area contributed by atoms with Crippen LogP contribution in [0.4, 0.5) is 0 Å². The highest BCUT2D eigenvalue weighted by Gasteiger charge is 2.32. The molecule has 3 rings (SSSR count). The first-order valence-corrected chi connectivity index (χ1v) is 11.3. The zero-order valence-corrected chi connectivity index (χ0v) is 18.9. The normalized spacial score (nSPS) is 14.9. The minimum absolute atomic E-state index is 0.131. The maximum Gasteiger partial charge on any atom is 0.308 e. The van der Waals surface area contributed by atoms with Gasteiger partial charge in [0, 0.05) is 38.7 Å². The van der Waals surface area contributed by atoms with Crippen LogP contribution in [-0.4, -0.2) is 62.8 Å². The van der Waals surface area contributed by atoms with Gasteiger partial charge in [0.25, 0.3) is 5.91 Å². The summed E-state index contributed by atoms with van der Waals surface area (Å²) in [7, 11) is -2.32. The standard InChI is InChI=1S/C22H26N2O6S/c1-15-12-20(29-4)21(13-16(15)2)31(27,28)24-10-8-23(9-11-24)22(26)18-6-5-7-19(14-18)30-17(3)25/h5-7,12-14H,8-11H2,1-4H3. The van der Waals surface area contributed by atoms with Gasteiger partial charge in [-0.15, -0.1) is 0 Å². The lowest BCUT2D eigenvalue weighted by atomic mass is 10.1. The lowest BCUT2D eigenvalue weighted by Crippen LogP contribution is -2.50. The molecule has 31 heavy (non-hydrogen) atoms. The quantitative estimate of drug-likeness (QED) is 0.517. The molecule has 9 heteroatoms.